The van der Waals surface area contributed by atoms with Crippen molar-refractivity contribution in [3.05, 3.63) is 35.9 Å². The fourth-order valence-electron chi connectivity index (χ4n) is 2.84. The van der Waals surface area contributed by atoms with Crippen LogP contribution in [0.1, 0.15) is 32.8 Å². The van der Waals surface area contributed by atoms with E-state index in [0.717, 1.165) is 25.6 Å². The standard InChI is InChI=1S/C16H26N2/c1-4-13(2)16-10-17-14(3)11-18(16)12-15-8-6-5-7-9-15/h5-9,13-14,16-17H,4,10-12H2,1-3H3. The van der Waals surface area contributed by atoms with Crippen LogP contribution in [0.5, 0.6) is 0 Å². The normalized spacial score (nSPS) is 27.1. The van der Waals surface area contributed by atoms with Crippen molar-refractivity contribution in [1.29, 1.82) is 0 Å². The summed E-state index contributed by atoms with van der Waals surface area (Å²) in [6.07, 6.45) is 1.26. The van der Waals surface area contributed by atoms with Gasteiger partial charge in [0, 0.05) is 31.7 Å². The summed E-state index contributed by atoms with van der Waals surface area (Å²) in [6, 6.07) is 12.1. The molecule has 0 amide bonds. The van der Waals surface area contributed by atoms with Crippen molar-refractivity contribution in [3.63, 3.8) is 0 Å². The minimum Gasteiger partial charge on any atom is -0.311 e. The van der Waals surface area contributed by atoms with Gasteiger partial charge in [0.15, 0.2) is 0 Å². The fourth-order valence-corrected chi connectivity index (χ4v) is 2.84. The molecule has 1 aliphatic heterocycles. The zero-order valence-electron chi connectivity index (χ0n) is 11.9. The van der Waals surface area contributed by atoms with Crippen LogP contribution in [0.25, 0.3) is 0 Å². The molecular weight excluding hydrogens is 220 g/mol. The molecule has 2 heteroatoms. The lowest BCUT2D eigenvalue weighted by molar-refractivity contribution is 0.0885. The van der Waals surface area contributed by atoms with E-state index < -0.39 is 0 Å². The van der Waals surface area contributed by atoms with Gasteiger partial charge in [-0.2, -0.15) is 0 Å². The zero-order valence-corrected chi connectivity index (χ0v) is 11.9. The Morgan fingerprint density at radius 2 is 2.06 bits per heavy atom. The Morgan fingerprint density at radius 1 is 1.33 bits per heavy atom. The highest BCUT2D eigenvalue weighted by molar-refractivity contribution is 5.15. The number of nitrogens with zero attached hydrogens (tertiary/aromatic N) is 1. The van der Waals surface area contributed by atoms with Crippen LogP contribution >= 0.6 is 0 Å². The summed E-state index contributed by atoms with van der Waals surface area (Å²) in [6.45, 7) is 10.3. The largest absolute Gasteiger partial charge is 0.311 e. The molecule has 1 heterocycles. The predicted octanol–water partition coefficient (Wildman–Crippen LogP) is 2.90. The van der Waals surface area contributed by atoms with Crippen molar-refractivity contribution >= 4 is 0 Å². The summed E-state index contributed by atoms with van der Waals surface area (Å²) in [5.41, 5.74) is 1.43. The van der Waals surface area contributed by atoms with Gasteiger partial charge < -0.3 is 5.32 Å². The van der Waals surface area contributed by atoms with E-state index in [1.165, 1.54) is 12.0 Å². The Morgan fingerprint density at radius 3 is 2.72 bits per heavy atom. The summed E-state index contributed by atoms with van der Waals surface area (Å²) in [5, 5.41) is 3.62. The first kappa shape index (κ1) is 13.6. The maximum Gasteiger partial charge on any atom is 0.0250 e. The summed E-state index contributed by atoms with van der Waals surface area (Å²) in [4.78, 5) is 2.66. The van der Waals surface area contributed by atoms with E-state index in [4.69, 9.17) is 0 Å². The summed E-state index contributed by atoms with van der Waals surface area (Å²) in [7, 11) is 0. The van der Waals surface area contributed by atoms with Crippen LogP contribution in [-0.2, 0) is 6.54 Å². The first-order chi connectivity index (χ1) is 8.70. The van der Waals surface area contributed by atoms with Gasteiger partial charge in [0.1, 0.15) is 0 Å². The van der Waals surface area contributed by atoms with Crippen LogP contribution in [0, 0.1) is 5.92 Å². The third-order valence-electron chi connectivity index (χ3n) is 4.18. The van der Waals surface area contributed by atoms with E-state index in [1.54, 1.807) is 0 Å². The molecule has 1 aromatic carbocycles. The van der Waals surface area contributed by atoms with Gasteiger partial charge in [-0.05, 0) is 18.4 Å². The molecule has 1 saturated heterocycles. The molecule has 0 aliphatic carbocycles. The quantitative estimate of drug-likeness (QED) is 0.879. The smallest absolute Gasteiger partial charge is 0.0250 e. The molecule has 2 rings (SSSR count). The van der Waals surface area contributed by atoms with Crippen molar-refractivity contribution in [2.75, 3.05) is 13.1 Å². The number of piperazine rings is 1. The molecular formula is C16H26N2. The number of rotatable bonds is 4. The van der Waals surface area contributed by atoms with Crippen LogP contribution in [0.2, 0.25) is 0 Å². The minimum absolute atomic E-state index is 0.606. The topological polar surface area (TPSA) is 15.3 Å². The minimum atomic E-state index is 0.606. The molecule has 0 aromatic heterocycles. The van der Waals surface area contributed by atoms with E-state index >= 15 is 0 Å². The highest BCUT2D eigenvalue weighted by atomic mass is 15.2. The lowest BCUT2D eigenvalue weighted by Crippen LogP contribution is -2.57. The highest BCUT2D eigenvalue weighted by Crippen LogP contribution is 2.20. The van der Waals surface area contributed by atoms with E-state index in [-0.39, 0.29) is 0 Å². The van der Waals surface area contributed by atoms with Crippen LogP contribution in [0.15, 0.2) is 30.3 Å². The molecule has 1 aliphatic rings. The van der Waals surface area contributed by atoms with Gasteiger partial charge in [-0.25, -0.2) is 0 Å². The van der Waals surface area contributed by atoms with E-state index in [0.29, 0.717) is 12.1 Å². The Hall–Kier alpha value is -0.860. The molecule has 3 unspecified atom stereocenters. The lowest BCUT2D eigenvalue weighted by Gasteiger charge is -2.42. The van der Waals surface area contributed by atoms with Crippen molar-refractivity contribution in [1.82, 2.24) is 10.2 Å². The maximum absolute atomic E-state index is 3.62. The summed E-state index contributed by atoms with van der Waals surface area (Å²) in [5.74, 6) is 0.758. The Kier molecular flexibility index (Phi) is 4.79. The van der Waals surface area contributed by atoms with Gasteiger partial charge in [0.2, 0.25) is 0 Å². The first-order valence-corrected chi connectivity index (χ1v) is 7.22. The van der Waals surface area contributed by atoms with Crippen LogP contribution in [-0.4, -0.2) is 30.1 Å². The van der Waals surface area contributed by atoms with Gasteiger partial charge >= 0.3 is 0 Å². The SMILES string of the molecule is CCC(C)C1CNC(C)CN1Cc1ccccc1. The van der Waals surface area contributed by atoms with Crippen molar-refractivity contribution in [3.8, 4) is 0 Å². The monoisotopic (exact) mass is 246 g/mol. The molecule has 0 saturated carbocycles. The molecule has 0 bridgehead atoms. The van der Waals surface area contributed by atoms with Gasteiger partial charge in [-0.15, -0.1) is 0 Å². The van der Waals surface area contributed by atoms with Gasteiger partial charge in [-0.3, -0.25) is 4.90 Å². The first-order valence-electron chi connectivity index (χ1n) is 7.22. The van der Waals surface area contributed by atoms with E-state index in [1.807, 2.05) is 0 Å². The lowest BCUT2D eigenvalue weighted by atomic mass is 9.94. The summed E-state index contributed by atoms with van der Waals surface area (Å²) >= 11 is 0. The van der Waals surface area contributed by atoms with E-state index in [2.05, 4.69) is 61.3 Å². The van der Waals surface area contributed by atoms with Gasteiger partial charge in [0.25, 0.3) is 0 Å². The van der Waals surface area contributed by atoms with Crippen LogP contribution < -0.4 is 5.32 Å². The third-order valence-corrected chi connectivity index (χ3v) is 4.18. The second-order valence-electron chi connectivity index (χ2n) is 5.68. The predicted molar refractivity (Wildman–Crippen MR) is 77.6 cm³/mol. The average Bonchev–Trinajstić information content (AvgIpc) is 2.39. The average molecular weight is 246 g/mol. The van der Waals surface area contributed by atoms with Crippen LogP contribution in [0.3, 0.4) is 0 Å². The van der Waals surface area contributed by atoms with Crippen molar-refractivity contribution in [2.24, 2.45) is 5.92 Å². The van der Waals surface area contributed by atoms with Gasteiger partial charge in [0.05, 0.1) is 0 Å². The molecule has 0 spiro atoms. The molecule has 100 valence electrons. The second-order valence-corrected chi connectivity index (χ2v) is 5.68. The second kappa shape index (κ2) is 6.35. The summed E-state index contributed by atoms with van der Waals surface area (Å²) < 4.78 is 0. The van der Waals surface area contributed by atoms with Crippen molar-refractivity contribution < 1.29 is 0 Å². The molecule has 1 aromatic rings. The Balaban J connectivity index is 2.06. The number of nitrogens with one attached hydrogen (secondary N) is 1. The Labute approximate surface area is 111 Å². The zero-order chi connectivity index (χ0) is 13.0. The van der Waals surface area contributed by atoms with Crippen LogP contribution in [0.4, 0.5) is 0 Å². The maximum atomic E-state index is 3.62. The highest BCUT2D eigenvalue weighted by Gasteiger charge is 2.28. The molecule has 1 N–H and O–H groups in total. The molecule has 1 fully saturated rings. The van der Waals surface area contributed by atoms with Crippen molar-refractivity contribution in [2.45, 2.75) is 45.8 Å². The Bertz CT molecular complexity index is 349. The molecule has 2 nitrogen and oxygen atoms in total. The fraction of sp³-hybridized carbons (Fsp3) is 0.625. The number of hydrogen-bond donors (Lipinski definition) is 1. The third kappa shape index (κ3) is 3.33. The van der Waals surface area contributed by atoms with Gasteiger partial charge in [-0.1, -0.05) is 50.6 Å². The number of benzene rings is 1. The molecule has 0 radical (unpaired) electrons. The number of hydrogen-bond acceptors (Lipinski definition) is 2. The van der Waals surface area contributed by atoms with E-state index in [9.17, 15) is 0 Å². The molecule has 3 atom stereocenters. The molecule has 18 heavy (non-hydrogen) atoms.